The van der Waals surface area contributed by atoms with Gasteiger partial charge in [0.25, 0.3) is 0 Å². The molecule has 3 aromatic carbocycles. The van der Waals surface area contributed by atoms with Gasteiger partial charge in [-0.1, -0.05) is 48.0 Å². The van der Waals surface area contributed by atoms with Gasteiger partial charge in [-0.2, -0.15) is 18.3 Å². The fourth-order valence-corrected chi connectivity index (χ4v) is 3.59. The van der Waals surface area contributed by atoms with Crippen LogP contribution < -0.4 is 0 Å². The van der Waals surface area contributed by atoms with Crippen molar-refractivity contribution in [3.8, 4) is 5.69 Å². The van der Waals surface area contributed by atoms with Crippen LogP contribution >= 0.6 is 11.6 Å². The minimum atomic E-state index is -5.05. The third kappa shape index (κ3) is 3.44. The number of nitrogens with zero attached hydrogens (tertiary/aromatic N) is 2. The van der Waals surface area contributed by atoms with Crippen LogP contribution in [0.2, 0.25) is 5.02 Å². The molecule has 1 atom stereocenters. The molecule has 0 aliphatic rings. The Labute approximate surface area is 174 Å². The van der Waals surface area contributed by atoms with Crippen LogP contribution in [0.1, 0.15) is 11.1 Å². The number of rotatable bonds is 4. The van der Waals surface area contributed by atoms with Crippen LogP contribution in [-0.2, 0) is 12.0 Å². The normalized spacial score (nSPS) is 14.1. The van der Waals surface area contributed by atoms with Crippen molar-refractivity contribution in [2.75, 3.05) is 0 Å². The van der Waals surface area contributed by atoms with Crippen molar-refractivity contribution >= 4 is 22.5 Å². The fraction of sp³-hybridized carbons (Fsp3) is 0.136. The molecule has 1 unspecified atom stereocenters. The smallest absolute Gasteiger partial charge is 0.376 e. The Kier molecular flexibility index (Phi) is 5.03. The highest BCUT2D eigenvalue weighted by Crippen LogP contribution is 2.43. The molecule has 0 saturated carbocycles. The molecule has 4 rings (SSSR count). The van der Waals surface area contributed by atoms with Crippen LogP contribution in [0.5, 0.6) is 0 Å². The summed E-state index contributed by atoms with van der Waals surface area (Å²) in [5.74, 6) is -0.986. The van der Waals surface area contributed by atoms with E-state index < -0.39 is 29.6 Å². The third-order valence-corrected chi connectivity index (χ3v) is 5.29. The molecule has 154 valence electrons. The maximum Gasteiger partial charge on any atom is 0.421 e. The second-order valence-electron chi connectivity index (χ2n) is 6.91. The van der Waals surface area contributed by atoms with E-state index in [0.29, 0.717) is 10.9 Å². The molecule has 0 bridgehead atoms. The lowest BCUT2D eigenvalue weighted by molar-refractivity contribution is -0.266. The number of benzene rings is 3. The first kappa shape index (κ1) is 20.4. The molecule has 0 fully saturated rings. The predicted octanol–water partition coefficient (Wildman–Crippen LogP) is 5.81. The van der Waals surface area contributed by atoms with E-state index in [2.05, 4.69) is 5.10 Å². The van der Waals surface area contributed by atoms with Crippen molar-refractivity contribution in [3.63, 3.8) is 0 Å². The lowest BCUT2D eigenvalue weighted by atomic mass is 9.86. The number of aliphatic hydroxyl groups is 1. The number of hydrogen-bond donors (Lipinski definition) is 1. The van der Waals surface area contributed by atoms with E-state index in [1.54, 1.807) is 4.68 Å². The minimum Gasteiger partial charge on any atom is -0.376 e. The standard InChI is InChI=1S/C22H15ClF4N2O/c23-18-8-4-5-14(20(18)24)12-21(30,22(25,26)27)16-9-10-19-15(11-16)13-28-29(19)17-6-2-1-3-7-17/h1-11,13,30H,12H2. The highest BCUT2D eigenvalue weighted by molar-refractivity contribution is 6.30. The van der Waals surface area contributed by atoms with E-state index >= 15 is 0 Å². The first-order valence-electron chi connectivity index (χ1n) is 8.96. The average Bonchev–Trinajstić information content (AvgIpc) is 3.14. The highest BCUT2D eigenvalue weighted by atomic mass is 35.5. The number of alkyl halides is 3. The minimum absolute atomic E-state index is 0.309. The summed E-state index contributed by atoms with van der Waals surface area (Å²) in [6, 6.07) is 16.7. The first-order chi connectivity index (χ1) is 14.2. The second kappa shape index (κ2) is 7.41. The Bertz CT molecular complexity index is 1210. The number of halogens is 5. The maximum atomic E-state index is 14.3. The zero-order valence-corrected chi connectivity index (χ0v) is 16.1. The van der Waals surface area contributed by atoms with E-state index in [9.17, 15) is 22.7 Å². The molecule has 1 aromatic heterocycles. The summed E-state index contributed by atoms with van der Waals surface area (Å²) in [6.45, 7) is 0. The maximum absolute atomic E-state index is 14.3. The Balaban J connectivity index is 1.81. The molecule has 4 aromatic rings. The van der Waals surface area contributed by atoms with Crippen LogP contribution in [0.4, 0.5) is 17.6 Å². The SMILES string of the molecule is OC(Cc1cccc(Cl)c1F)(c1ccc2c(cnn2-c2ccccc2)c1)C(F)(F)F. The molecule has 3 nitrogen and oxygen atoms in total. The lowest BCUT2D eigenvalue weighted by Gasteiger charge is -2.31. The van der Waals surface area contributed by atoms with Gasteiger partial charge in [0.15, 0.2) is 5.60 Å². The quantitative estimate of drug-likeness (QED) is 0.411. The van der Waals surface area contributed by atoms with Crippen molar-refractivity contribution in [3.05, 3.63) is 94.9 Å². The van der Waals surface area contributed by atoms with E-state index in [-0.39, 0.29) is 10.6 Å². The summed E-state index contributed by atoms with van der Waals surface area (Å²) in [6.07, 6.45) is -4.64. The molecular formula is C22H15ClF4N2O. The second-order valence-corrected chi connectivity index (χ2v) is 7.32. The summed E-state index contributed by atoms with van der Waals surface area (Å²) >= 11 is 5.69. The first-order valence-corrected chi connectivity index (χ1v) is 9.34. The molecular weight excluding hydrogens is 420 g/mol. The van der Waals surface area contributed by atoms with Crippen LogP contribution in [-0.4, -0.2) is 21.1 Å². The summed E-state index contributed by atoms with van der Waals surface area (Å²) in [4.78, 5) is 0. The van der Waals surface area contributed by atoms with Crippen molar-refractivity contribution in [2.45, 2.75) is 18.2 Å². The van der Waals surface area contributed by atoms with Crippen molar-refractivity contribution in [1.29, 1.82) is 0 Å². The van der Waals surface area contributed by atoms with Crippen molar-refractivity contribution in [2.24, 2.45) is 0 Å². The summed E-state index contributed by atoms with van der Waals surface area (Å²) in [5, 5.41) is 15.0. The van der Waals surface area contributed by atoms with Gasteiger partial charge in [0.1, 0.15) is 5.82 Å². The van der Waals surface area contributed by atoms with Gasteiger partial charge < -0.3 is 5.11 Å². The molecule has 0 radical (unpaired) electrons. The largest absolute Gasteiger partial charge is 0.421 e. The molecule has 0 saturated heterocycles. The number of hydrogen-bond acceptors (Lipinski definition) is 2. The summed E-state index contributed by atoms with van der Waals surface area (Å²) < 4.78 is 57.7. The van der Waals surface area contributed by atoms with E-state index in [1.807, 2.05) is 30.3 Å². The Morgan fingerprint density at radius 1 is 0.967 bits per heavy atom. The summed E-state index contributed by atoms with van der Waals surface area (Å²) in [7, 11) is 0. The Morgan fingerprint density at radius 3 is 2.40 bits per heavy atom. The van der Waals surface area contributed by atoms with E-state index in [4.69, 9.17) is 11.6 Å². The average molecular weight is 435 g/mol. The van der Waals surface area contributed by atoms with Gasteiger partial charge in [0, 0.05) is 11.8 Å². The zero-order valence-electron chi connectivity index (χ0n) is 15.4. The van der Waals surface area contributed by atoms with Crippen molar-refractivity contribution in [1.82, 2.24) is 9.78 Å². The highest BCUT2D eigenvalue weighted by Gasteiger charge is 2.55. The lowest BCUT2D eigenvalue weighted by Crippen LogP contribution is -2.44. The number of para-hydroxylation sites is 1. The number of aromatic nitrogens is 2. The topological polar surface area (TPSA) is 38.1 Å². The van der Waals surface area contributed by atoms with Crippen LogP contribution in [0.25, 0.3) is 16.6 Å². The van der Waals surface area contributed by atoms with Crippen molar-refractivity contribution < 1.29 is 22.7 Å². The van der Waals surface area contributed by atoms with Gasteiger partial charge in [-0.15, -0.1) is 0 Å². The molecule has 8 heteroatoms. The van der Waals surface area contributed by atoms with E-state index in [1.165, 1.54) is 42.6 Å². The van der Waals surface area contributed by atoms with Crippen LogP contribution in [0, 0.1) is 5.82 Å². The molecule has 0 amide bonds. The molecule has 1 N–H and O–H groups in total. The monoisotopic (exact) mass is 434 g/mol. The van der Waals surface area contributed by atoms with Gasteiger partial charge in [-0.3, -0.25) is 0 Å². The van der Waals surface area contributed by atoms with E-state index in [0.717, 1.165) is 5.69 Å². The van der Waals surface area contributed by atoms with Gasteiger partial charge >= 0.3 is 6.18 Å². The third-order valence-electron chi connectivity index (χ3n) is 4.99. The van der Waals surface area contributed by atoms with Gasteiger partial charge in [0.2, 0.25) is 0 Å². The Hall–Kier alpha value is -2.90. The van der Waals surface area contributed by atoms with Gasteiger partial charge in [0.05, 0.1) is 22.4 Å². The molecule has 0 aliphatic carbocycles. The molecule has 30 heavy (non-hydrogen) atoms. The predicted molar refractivity (Wildman–Crippen MR) is 106 cm³/mol. The zero-order chi connectivity index (χ0) is 21.5. The number of fused-ring (bicyclic) bond motifs is 1. The molecule has 0 spiro atoms. The summed E-state index contributed by atoms with van der Waals surface area (Å²) in [5.41, 5.74) is -2.73. The Morgan fingerprint density at radius 2 is 1.70 bits per heavy atom. The van der Waals surface area contributed by atoms with Gasteiger partial charge in [-0.25, -0.2) is 9.07 Å². The van der Waals surface area contributed by atoms with Crippen LogP contribution in [0.3, 0.4) is 0 Å². The molecule has 0 aliphatic heterocycles. The van der Waals surface area contributed by atoms with Gasteiger partial charge in [-0.05, 0) is 41.5 Å². The molecule has 1 heterocycles. The fourth-order valence-electron chi connectivity index (χ4n) is 3.39. The van der Waals surface area contributed by atoms with Crippen LogP contribution in [0.15, 0.2) is 72.9 Å².